The van der Waals surface area contributed by atoms with E-state index in [1.165, 1.54) is 6.42 Å². The Hall–Kier alpha value is -1.88. The van der Waals surface area contributed by atoms with Crippen LogP contribution in [-0.2, 0) is 4.79 Å². The molecule has 1 saturated heterocycles. The van der Waals surface area contributed by atoms with Crippen molar-refractivity contribution in [1.82, 2.24) is 10.2 Å². The van der Waals surface area contributed by atoms with Crippen molar-refractivity contribution < 1.29 is 9.59 Å². The number of hydrogen-bond donors (Lipinski definition) is 2. The molecule has 1 atom stereocenters. The highest BCUT2D eigenvalue weighted by molar-refractivity contribution is 6.04. The second-order valence-electron chi connectivity index (χ2n) is 6.83. The summed E-state index contributed by atoms with van der Waals surface area (Å²) >= 11 is 0. The molecule has 2 N–H and O–H groups in total. The van der Waals surface area contributed by atoms with Crippen LogP contribution in [0.2, 0.25) is 0 Å². The molecule has 1 unspecified atom stereocenters. The highest BCUT2D eigenvalue weighted by Crippen LogP contribution is 2.19. The SMILES string of the molecule is CCN1CCCC1CNC(=O)c1cc(C)ccc1NC(=O)C(C)C. The van der Waals surface area contributed by atoms with E-state index in [-0.39, 0.29) is 17.7 Å². The van der Waals surface area contributed by atoms with E-state index >= 15 is 0 Å². The van der Waals surface area contributed by atoms with E-state index in [1.807, 2.05) is 32.9 Å². The lowest BCUT2D eigenvalue weighted by Crippen LogP contribution is -2.40. The van der Waals surface area contributed by atoms with Gasteiger partial charge in [-0.1, -0.05) is 32.4 Å². The minimum atomic E-state index is -0.126. The predicted molar refractivity (Wildman–Crippen MR) is 97.2 cm³/mol. The summed E-state index contributed by atoms with van der Waals surface area (Å²) in [5, 5.41) is 5.90. The van der Waals surface area contributed by atoms with Crippen LogP contribution in [0.15, 0.2) is 18.2 Å². The van der Waals surface area contributed by atoms with E-state index < -0.39 is 0 Å². The van der Waals surface area contributed by atoms with Gasteiger partial charge in [0, 0.05) is 18.5 Å². The molecule has 132 valence electrons. The van der Waals surface area contributed by atoms with Crippen molar-refractivity contribution in [1.29, 1.82) is 0 Å². The van der Waals surface area contributed by atoms with Gasteiger partial charge in [0.05, 0.1) is 11.3 Å². The summed E-state index contributed by atoms with van der Waals surface area (Å²) in [6.07, 6.45) is 2.31. The average Bonchev–Trinajstić information content (AvgIpc) is 3.01. The molecule has 2 rings (SSSR count). The fraction of sp³-hybridized carbons (Fsp3) is 0.579. The van der Waals surface area contributed by atoms with Gasteiger partial charge in [0.2, 0.25) is 5.91 Å². The van der Waals surface area contributed by atoms with Gasteiger partial charge in [-0.2, -0.15) is 0 Å². The monoisotopic (exact) mass is 331 g/mol. The maximum atomic E-state index is 12.6. The Morgan fingerprint density at radius 2 is 2.08 bits per heavy atom. The molecule has 0 saturated carbocycles. The fourth-order valence-corrected chi connectivity index (χ4v) is 3.08. The molecule has 5 nitrogen and oxygen atoms in total. The average molecular weight is 331 g/mol. The Kier molecular flexibility index (Phi) is 6.37. The zero-order valence-electron chi connectivity index (χ0n) is 15.2. The number of likely N-dealkylation sites (tertiary alicyclic amines) is 1. The number of aryl methyl sites for hydroxylation is 1. The molecule has 0 radical (unpaired) electrons. The summed E-state index contributed by atoms with van der Waals surface area (Å²) < 4.78 is 0. The van der Waals surface area contributed by atoms with Gasteiger partial charge >= 0.3 is 0 Å². The predicted octanol–water partition coefficient (Wildman–Crippen LogP) is 2.80. The van der Waals surface area contributed by atoms with Gasteiger partial charge in [0.25, 0.3) is 5.91 Å². The first-order chi connectivity index (χ1) is 11.4. The number of anilines is 1. The van der Waals surface area contributed by atoms with Gasteiger partial charge in [0.15, 0.2) is 0 Å². The lowest BCUT2D eigenvalue weighted by molar-refractivity contribution is -0.118. The van der Waals surface area contributed by atoms with Crippen LogP contribution in [0.1, 0.15) is 49.5 Å². The molecule has 1 aromatic carbocycles. The van der Waals surface area contributed by atoms with Gasteiger partial charge in [-0.05, 0) is 45.0 Å². The summed E-state index contributed by atoms with van der Waals surface area (Å²) in [7, 11) is 0. The number of nitrogens with one attached hydrogen (secondary N) is 2. The fourth-order valence-electron chi connectivity index (χ4n) is 3.08. The summed E-state index contributed by atoms with van der Waals surface area (Å²) in [6.45, 7) is 10.5. The molecule has 0 aromatic heterocycles. The first-order valence-electron chi connectivity index (χ1n) is 8.86. The third-order valence-corrected chi connectivity index (χ3v) is 4.61. The van der Waals surface area contributed by atoms with Gasteiger partial charge < -0.3 is 10.6 Å². The molecule has 24 heavy (non-hydrogen) atoms. The Bertz CT molecular complexity index is 598. The molecule has 5 heteroatoms. The Balaban J connectivity index is 2.07. The normalized spacial score (nSPS) is 18.0. The molecule has 0 bridgehead atoms. The molecular formula is C19H29N3O2. The van der Waals surface area contributed by atoms with Crippen LogP contribution in [0, 0.1) is 12.8 Å². The second-order valence-corrected chi connectivity index (χ2v) is 6.83. The molecule has 2 amide bonds. The maximum absolute atomic E-state index is 12.6. The maximum Gasteiger partial charge on any atom is 0.253 e. The van der Waals surface area contributed by atoms with Crippen molar-refractivity contribution in [3.05, 3.63) is 29.3 Å². The van der Waals surface area contributed by atoms with Crippen molar-refractivity contribution in [2.24, 2.45) is 5.92 Å². The lowest BCUT2D eigenvalue weighted by Gasteiger charge is -2.23. The van der Waals surface area contributed by atoms with E-state index in [4.69, 9.17) is 0 Å². The molecule has 1 heterocycles. The van der Waals surface area contributed by atoms with Crippen LogP contribution < -0.4 is 10.6 Å². The summed E-state index contributed by atoms with van der Waals surface area (Å²) in [5.41, 5.74) is 2.11. The Morgan fingerprint density at radius 3 is 2.75 bits per heavy atom. The van der Waals surface area contributed by atoms with E-state index in [2.05, 4.69) is 22.5 Å². The minimum absolute atomic E-state index is 0.0825. The minimum Gasteiger partial charge on any atom is -0.350 e. The van der Waals surface area contributed by atoms with Gasteiger partial charge in [-0.3, -0.25) is 14.5 Å². The highest BCUT2D eigenvalue weighted by atomic mass is 16.2. The zero-order valence-corrected chi connectivity index (χ0v) is 15.2. The smallest absolute Gasteiger partial charge is 0.253 e. The Labute approximate surface area is 144 Å². The summed E-state index contributed by atoms with van der Waals surface area (Å²) in [4.78, 5) is 27.0. The lowest BCUT2D eigenvalue weighted by atomic mass is 10.1. The first-order valence-corrected chi connectivity index (χ1v) is 8.86. The zero-order chi connectivity index (χ0) is 17.7. The first kappa shape index (κ1) is 18.5. The van der Waals surface area contributed by atoms with Crippen LogP contribution in [0.3, 0.4) is 0 Å². The van der Waals surface area contributed by atoms with Crippen LogP contribution in [-0.4, -0.2) is 42.4 Å². The third-order valence-electron chi connectivity index (χ3n) is 4.61. The van der Waals surface area contributed by atoms with Crippen molar-refractivity contribution in [3.63, 3.8) is 0 Å². The molecule has 1 fully saturated rings. The third kappa shape index (κ3) is 4.57. The molecule has 0 spiro atoms. The van der Waals surface area contributed by atoms with E-state index in [9.17, 15) is 9.59 Å². The van der Waals surface area contributed by atoms with E-state index in [0.717, 1.165) is 25.1 Å². The van der Waals surface area contributed by atoms with E-state index in [0.29, 0.717) is 23.8 Å². The van der Waals surface area contributed by atoms with Gasteiger partial charge in [-0.15, -0.1) is 0 Å². The number of carbonyl (C=O) groups is 2. The molecular weight excluding hydrogens is 302 g/mol. The van der Waals surface area contributed by atoms with Crippen LogP contribution >= 0.6 is 0 Å². The molecule has 0 aliphatic carbocycles. The van der Waals surface area contributed by atoms with Crippen LogP contribution in [0.5, 0.6) is 0 Å². The number of amides is 2. The van der Waals surface area contributed by atoms with Crippen molar-refractivity contribution in [2.45, 2.75) is 46.6 Å². The largest absolute Gasteiger partial charge is 0.350 e. The number of carbonyl (C=O) groups excluding carboxylic acids is 2. The summed E-state index contributed by atoms with van der Waals surface area (Å²) in [5.74, 6) is -0.333. The quantitative estimate of drug-likeness (QED) is 0.842. The standard InChI is InChI=1S/C19H29N3O2/c1-5-22-10-6-7-15(22)12-20-19(24)16-11-14(4)8-9-17(16)21-18(23)13(2)3/h8-9,11,13,15H,5-7,10,12H2,1-4H3,(H,20,24)(H,21,23). The Morgan fingerprint density at radius 1 is 1.33 bits per heavy atom. The van der Waals surface area contributed by atoms with Crippen LogP contribution in [0.25, 0.3) is 0 Å². The van der Waals surface area contributed by atoms with Crippen molar-refractivity contribution in [3.8, 4) is 0 Å². The number of benzene rings is 1. The highest BCUT2D eigenvalue weighted by Gasteiger charge is 2.24. The molecule has 1 aliphatic rings. The second kappa shape index (κ2) is 8.29. The van der Waals surface area contributed by atoms with Crippen LogP contribution in [0.4, 0.5) is 5.69 Å². The number of rotatable bonds is 6. The van der Waals surface area contributed by atoms with E-state index in [1.54, 1.807) is 6.07 Å². The number of nitrogens with zero attached hydrogens (tertiary/aromatic N) is 1. The topological polar surface area (TPSA) is 61.4 Å². The van der Waals surface area contributed by atoms with Crippen molar-refractivity contribution in [2.75, 3.05) is 25.0 Å². The van der Waals surface area contributed by atoms with Crippen molar-refractivity contribution >= 4 is 17.5 Å². The molecule has 1 aliphatic heterocycles. The number of likely N-dealkylation sites (N-methyl/N-ethyl adjacent to an activating group) is 1. The summed E-state index contributed by atoms with van der Waals surface area (Å²) in [6, 6.07) is 5.95. The van der Waals surface area contributed by atoms with Gasteiger partial charge in [0.1, 0.15) is 0 Å². The van der Waals surface area contributed by atoms with Gasteiger partial charge in [-0.25, -0.2) is 0 Å². The number of hydrogen-bond acceptors (Lipinski definition) is 3. The molecule has 1 aromatic rings.